The molecule has 0 amide bonds. The van der Waals surface area contributed by atoms with Crippen LogP contribution in [-0.4, -0.2) is 35.5 Å². The predicted octanol–water partition coefficient (Wildman–Crippen LogP) is 1.40. The van der Waals surface area contributed by atoms with E-state index in [2.05, 4.69) is 41.2 Å². The zero-order valence-corrected chi connectivity index (χ0v) is 11.9. The molecule has 0 aliphatic heterocycles. The Hall–Kier alpha value is -0.870. The number of aromatic nitrogens is 2. The molecular formula is C14H26N4. The summed E-state index contributed by atoms with van der Waals surface area (Å²) in [6.07, 6.45) is 3.82. The molecule has 102 valence electrons. The Kier molecular flexibility index (Phi) is 4.78. The maximum absolute atomic E-state index is 4.55. The first-order valence-electron chi connectivity index (χ1n) is 7.19. The number of hydrogen-bond donors (Lipinski definition) is 2. The molecule has 18 heavy (non-hydrogen) atoms. The molecule has 2 N–H and O–H groups in total. The minimum Gasteiger partial charge on any atom is -0.315 e. The van der Waals surface area contributed by atoms with Gasteiger partial charge in [-0.15, -0.1) is 0 Å². The van der Waals surface area contributed by atoms with Gasteiger partial charge < -0.3 is 10.6 Å². The van der Waals surface area contributed by atoms with E-state index < -0.39 is 0 Å². The van der Waals surface area contributed by atoms with Crippen molar-refractivity contribution in [3.63, 3.8) is 0 Å². The summed E-state index contributed by atoms with van der Waals surface area (Å²) in [4.78, 5) is 0. The highest BCUT2D eigenvalue weighted by molar-refractivity contribution is 5.24. The highest BCUT2D eigenvalue weighted by Crippen LogP contribution is 2.17. The highest BCUT2D eigenvalue weighted by Gasteiger charge is 2.19. The summed E-state index contributed by atoms with van der Waals surface area (Å²) < 4.78 is 2.10. The standard InChI is InChI=1S/C14H26N4/c1-4-18-12(3)14(11(2)17-18)7-8-15-9-10-16-13-5-6-13/h13,15-16H,4-10H2,1-3H3. The van der Waals surface area contributed by atoms with E-state index in [0.717, 1.165) is 38.6 Å². The highest BCUT2D eigenvalue weighted by atomic mass is 15.3. The van der Waals surface area contributed by atoms with Crippen molar-refractivity contribution in [1.29, 1.82) is 0 Å². The predicted molar refractivity (Wildman–Crippen MR) is 75.0 cm³/mol. The summed E-state index contributed by atoms with van der Waals surface area (Å²) in [5.74, 6) is 0. The Morgan fingerprint density at radius 2 is 2.00 bits per heavy atom. The van der Waals surface area contributed by atoms with Crippen LogP contribution in [-0.2, 0) is 13.0 Å². The zero-order chi connectivity index (χ0) is 13.0. The van der Waals surface area contributed by atoms with Crippen molar-refractivity contribution < 1.29 is 0 Å². The molecule has 0 spiro atoms. The number of hydrogen-bond acceptors (Lipinski definition) is 3. The van der Waals surface area contributed by atoms with Crippen molar-refractivity contribution in [2.24, 2.45) is 0 Å². The summed E-state index contributed by atoms with van der Waals surface area (Å²) in [7, 11) is 0. The van der Waals surface area contributed by atoms with Gasteiger partial charge >= 0.3 is 0 Å². The Bertz CT molecular complexity index is 379. The first-order chi connectivity index (χ1) is 8.72. The Morgan fingerprint density at radius 1 is 1.22 bits per heavy atom. The van der Waals surface area contributed by atoms with Gasteiger partial charge in [-0.05, 0) is 52.1 Å². The average Bonchev–Trinajstić information content (AvgIpc) is 3.13. The number of aryl methyl sites for hydroxylation is 2. The second-order valence-electron chi connectivity index (χ2n) is 5.19. The quantitative estimate of drug-likeness (QED) is 0.685. The van der Waals surface area contributed by atoms with Crippen LogP contribution in [0.5, 0.6) is 0 Å². The van der Waals surface area contributed by atoms with Crippen LogP contribution in [0, 0.1) is 13.8 Å². The monoisotopic (exact) mass is 250 g/mol. The van der Waals surface area contributed by atoms with Crippen LogP contribution in [0.25, 0.3) is 0 Å². The van der Waals surface area contributed by atoms with Crippen molar-refractivity contribution in [2.45, 2.75) is 52.6 Å². The molecular weight excluding hydrogens is 224 g/mol. The second kappa shape index (κ2) is 6.34. The largest absolute Gasteiger partial charge is 0.315 e. The molecule has 1 aromatic heterocycles. The molecule has 2 rings (SSSR count). The van der Waals surface area contributed by atoms with Crippen LogP contribution in [0.1, 0.15) is 36.7 Å². The molecule has 1 aliphatic rings. The molecule has 1 heterocycles. The van der Waals surface area contributed by atoms with E-state index in [1.54, 1.807) is 0 Å². The number of nitrogens with zero attached hydrogens (tertiary/aromatic N) is 2. The fraction of sp³-hybridized carbons (Fsp3) is 0.786. The van der Waals surface area contributed by atoms with Crippen molar-refractivity contribution in [2.75, 3.05) is 19.6 Å². The Balaban J connectivity index is 1.67. The third kappa shape index (κ3) is 3.56. The summed E-state index contributed by atoms with van der Waals surface area (Å²) >= 11 is 0. The molecule has 0 unspecified atom stereocenters. The van der Waals surface area contributed by atoms with Gasteiger partial charge in [-0.1, -0.05) is 0 Å². The number of nitrogens with one attached hydrogen (secondary N) is 2. The van der Waals surface area contributed by atoms with Gasteiger partial charge in [0.1, 0.15) is 0 Å². The lowest BCUT2D eigenvalue weighted by Gasteiger charge is -2.06. The minimum atomic E-state index is 0.819. The molecule has 4 nitrogen and oxygen atoms in total. The topological polar surface area (TPSA) is 41.9 Å². The summed E-state index contributed by atoms with van der Waals surface area (Å²) in [6, 6.07) is 0.819. The maximum Gasteiger partial charge on any atom is 0.0628 e. The van der Waals surface area contributed by atoms with Crippen molar-refractivity contribution in [1.82, 2.24) is 20.4 Å². The van der Waals surface area contributed by atoms with Crippen LogP contribution in [0.15, 0.2) is 0 Å². The third-order valence-electron chi connectivity index (χ3n) is 3.69. The number of rotatable bonds is 8. The van der Waals surface area contributed by atoms with E-state index in [1.165, 1.54) is 29.8 Å². The van der Waals surface area contributed by atoms with Gasteiger partial charge in [-0.25, -0.2) is 0 Å². The van der Waals surface area contributed by atoms with E-state index in [0.29, 0.717) is 0 Å². The van der Waals surface area contributed by atoms with Crippen molar-refractivity contribution in [3.8, 4) is 0 Å². The smallest absolute Gasteiger partial charge is 0.0628 e. The molecule has 1 fully saturated rings. The van der Waals surface area contributed by atoms with E-state index in [1.807, 2.05) is 0 Å². The van der Waals surface area contributed by atoms with Gasteiger partial charge in [0.2, 0.25) is 0 Å². The van der Waals surface area contributed by atoms with E-state index >= 15 is 0 Å². The lowest BCUT2D eigenvalue weighted by Crippen LogP contribution is -2.29. The fourth-order valence-electron chi connectivity index (χ4n) is 2.39. The normalized spacial score (nSPS) is 15.3. The molecule has 0 radical (unpaired) electrons. The van der Waals surface area contributed by atoms with E-state index in [4.69, 9.17) is 0 Å². The van der Waals surface area contributed by atoms with Crippen molar-refractivity contribution in [3.05, 3.63) is 17.0 Å². The molecule has 1 aliphatic carbocycles. The molecule has 0 saturated heterocycles. The van der Waals surface area contributed by atoms with Crippen LogP contribution in [0.4, 0.5) is 0 Å². The molecule has 4 heteroatoms. The summed E-state index contributed by atoms with van der Waals surface area (Å²) in [5, 5.41) is 11.6. The van der Waals surface area contributed by atoms with Crippen LogP contribution < -0.4 is 10.6 Å². The Morgan fingerprint density at radius 3 is 2.61 bits per heavy atom. The average molecular weight is 250 g/mol. The van der Waals surface area contributed by atoms with Crippen LogP contribution >= 0.6 is 0 Å². The minimum absolute atomic E-state index is 0.819. The summed E-state index contributed by atoms with van der Waals surface area (Å²) in [5.41, 5.74) is 3.93. The maximum atomic E-state index is 4.55. The first kappa shape index (κ1) is 13.6. The van der Waals surface area contributed by atoms with Crippen LogP contribution in [0.2, 0.25) is 0 Å². The first-order valence-corrected chi connectivity index (χ1v) is 7.19. The van der Waals surface area contributed by atoms with Crippen molar-refractivity contribution >= 4 is 0 Å². The molecule has 0 bridgehead atoms. The lowest BCUT2D eigenvalue weighted by molar-refractivity contribution is 0.606. The molecule has 0 aromatic carbocycles. The Labute approximate surface area is 110 Å². The van der Waals surface area contributed by atoms with Gasteiger partial charge in [0, 0.05) is 31.4 Å². The van der Waals surface area contributed by atoms with E-state index in [9.17, 15) is 0 Å². The third-order valence-corrected chi connectivity index (χ3v) is 3.69. The van der Waals surface area contributed by atoms with Gasteiger partial charge in [0.05, 0.1) is 5.69 Å². The molecule has 1 aromatic rings. The SMILES string of the molecule is CCn1nc(C)c(CCNCCNC2CC2)c1C. The lowest BCUT2D eigenvalue weighted by atomic mass is 10.1. The summed E-state index contributed by atoms with van der Waals surface area (Å²) in [6.45, 7) is 10.6. The molecule has 0 atom stereocenters. The zero-order valence-electron chi connectivity index (χ0n) is 11.9. The van der Waals surface area contributed by atoms with E-state index in [-0.39, 0.29) is 0 Å². The molecule has 1 saturated carbocycles. The van der Waals surface area contributed by atoms with Crippen LogP contribution in [0.3, 0.4) is 0 Å². The fourth-order valence-corrected chi connectivity index (χ4v) is 2.39. The second-order valence-corrected chi connectivity index (χ2v) is 5.19. The van der Waals surface area contributed by atoms with Gasteiger partial charge in [-0.3, -0.25) is 4.68 Å². The van der Waals surface area contributed by atoms with Gasteiger partial charge in [0.15, 0.2) is 0 Å². The van der Waals surface area contributed by atoms with Gasteiger partial charge in [-0.2, -0.15) is 5.10 Å². The van der Waals surface area contributed by atoms with Gasteiger partial charge in [0.25, 0.3) is 0 Å².